The standard InChI is InChI=1S/C22H23ClN6O.C22H22ClN6O.K/c2*1-2-3-8-20-24-21(23)19(14-30)29(20)13-15-9-11-16(12-10-15)17-6-4-5-7-18(17)22-25-27-28-26-22;/h4-7,9-12,30H,2-3,8,13-14H2,1H3,(H,25,26,27,28);4-7,9-12H,2-3,8,13-14H2,1H3,(H,25,26,27,28);/q;-1;+1/i9D,10D,11D,12D;;. The van der Waals surface area contributed by atoms with E-state index in [0.717, 1.165) is 60.2 Å². The summed E-state index contributed by atoms with van der Waals surface area (Å²) in [6.07, 6.45) is 5.30. The molecule has 0 bridgehead atoms. The number of hydrogen-bond donors (Lipinski definition) is 3. The molecule has 0 aliphatic heterocycles. The molecule has 0 atom stereocenters. The molecule has 0 unspecified atom stereocenters. The predicted molar refractivity (Wildman–Crippen MR) is 230 cm³/mol. The summed E-state index contributed by atoms with van der Waals surface area (Å²) in [5.41, 5.74) is 6.36. The number of nitrogens with zero attached hydrogens (tertiary/aromatic N) is 10. The number of aliphatic hydroxyl groups excluding tert-OH is 1. The Labute approximate surface area is 412 Å². The van der Waals surface area contributed by atoms with E-state index >= 15 is 0 Å². The number of H-pyrrole nitrogens is 2. The van der Waals surface area contributed by atoms with Crippen molar-refractivity contribution in [3.63, 3.8) is 0 Å². The maximum absolute atomic E-state index is 11.7. The van der Waals surface area contributed by atoms with Gasteiger partial charge in [0.2, 0.25) is 11.6 Å². The van der Waals surface area contributed by atoms with Crippen molar-refractivity contribution in [2.75, 3.05) is 0 Å². The van der Waals surface area contributed by atoms with Gasteiger partial charge in [-0.05, 0) is 56.6 Å². The SMILES string of the molecule is CCCCc1nc(Cl)c(C[O-])n1Cc1ccc(-c2ccccc2-c2nn[nH]n2)cc1.[2H]c1c([2H])c(-c2ccccc2-c2nn[nH]n2)c([2H])c([2H])c1Cn1c(CCCC)nc(Cl)c1CO.[K+]. The predicted octanol–water partition coefficient (Wildman–Crippen LogP) is 4.91. The first-order chi connectivity index (χ1) is 31.1. The van der Waals surface area contributed by atoms with Crippen LogP contribution in [0.15, 0.2) is 97.0 Å². The molecule has 8 rings (SSSR count). The van der Waals surface area contributed by atoms with Gasteiger partial charge in [0.15, 0.2) is 5.15 Å². The molecule has 3 N–H and O–H groups in total. The van der Waals surface area contributed by atoms with Crippen LogP contribution in [0.2, 0.25) is 10.3 Å². The molecule has 8 aromatic rings. The summed E-state index contributed by atoms with van der Waals surface area (Å²) < 4.78 is 38.5. The average molecular weight is 888 g/mol. The molecule has 0 radical (unpaired) electrons. The van der Waals surface area contributed by atoms with Crippen molar-refractivity contribution >= 4 is 23.2 Å². The Morgan fingerprint density at radius 2 is 1.11 bits per heavy atom. The monoisotopic (exact) mass is 886 g/mol. The van der Waals surface area contributed by atoms with E-state index in [4.69, 9.17) is 28.7 Å². The second-order valence-electron chi connectivity index (χ2n) is 13.8. The summed E-state index contributed by atoms with van der Waals surface area (Å²) >= 11 is 12.4. The minimum atomic E-state index is -0.381. The van der Waals surface area contributed by atoms with E-state index in [9.17, 15) is 10.2 Å². The zero-order chi connectivity index (χ0) is 45.3. The van der Waals surface area contributed by atoms with Crippen molar-refractivity contribution < 1.29 is 67.1 Å². The molecule has 0 fully saturated rings. The minimum absolute atomic E-state index is 0. The molecule has 17 heteroatoms. The fraction of sp³-hybridized carbons (Fsp3) is 0.273. The number of halogens is 2. The summed E-state index contributed by atoms with van der Waals surface area (Å²) in [7, 11) is 0. The smallest absolute Gasteiger partial charge is 0.850 e. The molecule has 0 aliphatic carbocycles. The van der Waals surface area contributed by atoms with Crippen LogP contribution in [0.1, 0.15) is 79.2 Å². The van der Waals surface area contributed by atoms with Crippen LogP contribution in [0.25, 0.3) is 45.0 Å². The molecule has 0 aliphatic rings. The number of nitrogens with one attached hydrogen (secondary N) is 2. The van der Waals surface area contributed by atoms with Gasteiger partial charge in [-0.2, -0.15) is 10.4 Å². The number of hydrogen-bond acceptors (Lipinski definition) is 10. The molecule has 0 saturated heterocycles. The van der Waals surface area contributed by atoms with Crippen LogP contribution in [0, 0.1) is 0 Å². The molecule has 0 amide bonds. The summed E-state index contributed by atoms with van der Waals surface area (Å²) in [4.78, 5) is 8.78. The van der Waals surface area contributed by atoms with E-state index in [1.807, 2.05) is 28.8 Å². The Morgan fingerprint density at radius 1 is 0.639 bits per heavy atom. The number of aryl methyl sites for hydroxylation is 2. The summed E-state index contributed by atoms with van der Waals surface area (Å²) in [5, 5.41) is 50.3. The van der Waals surface area contributed by atoms with Crippen LogP contribution in [-0.2, 0) is 39.1 Å². The van der Waals surface area contributed by atoms with E-state index in [1.54, 1.807) is 28.8 Å². The number of tetrazole rings is 2. The van der Waals surface area contributed by atoms with Gasteiger partial charge in [-0.1, -0.05) is 153 Å². The second-order valence-corrected chi connectivity index (χ2v) is 14.5. The molecule has 0 spiro atoms. The van der Waals surface area contributed by atoms with Crippen LogP contribution in [0.3, 0.4) is 0 Å². The quantitative estimate of drug-likeness (QED) is 0.113. The second kappa shape index (κ2) is 22.6. The summed E-state index contributed by atoms with van der Waals surface area (Å²) in [5.74, 6) is 2.36. The molecule has 0 saturated carbocycles. The molecule has 308 valence electrons. The van der Waals surface area contributed by atoms with Gasteiger partial charge in [0, 0.05) is 42.8 Å². The molecule has 14 nitrogen and oxygen atoms in total. The van der Waals surface area contributed by atoms with Gasteiger partial charge in [-0.25, -0.2) is 9.97 Å². The normalized spacial score (nSPS) is 11.9. The van der Waals surface area contributed by atoms with Gasteiger partial charge in [0.1, 0.15) is 16.8 Å². The van der Waals surface area contributed by atoms with Gasteiger partial charge in [-0.3, -0.25) is 0 Å². The van der Waals surface area contributed by atoms with Crippen LogP contribution in [-0.4, -0.2) is 65.5 Å². The van der Waals surface area contributed by atoms with Crippen molar-refractivity contribution in [3.8, 4) is 45.0 Å². The molecule has 4 aromatic carbocycles. The van der Waals surface area contributed by atoms with Crippen LogP contribution in [0.5, 0.6) is 0 Å². The van der Waals surface area contributed by atoms with E-state index in [1.165, 1.54) is 0 Å². The number of aliphatic hydroxyl groups is 1. The van der Waals surface area contributed by atoms with E-state index in [2.05, 4.69) is 89.3 Å². The fourth-order valence-corrected chi connectivity index (χ4v) is 7.30. The first kappa shape index (κ1) is 40.6. The third-order valence-corrected chi connectivity index (χ3v) is 10.5. The number of rotatable bonds is 16. The largest absolute Gasteiger partial charge is 1.00 e. The van der Waals surface area contributed by atoms with E-state index in [0.29, 0.717) is 52.3 Å². The number of aromatic nitrogens is 12. The number of imidazole rings is 2. The molecule has 4 heterocycles. The third kappa shape index (κ3) is 11.2. The minimum Gasteiger partial charge on any atom is -0.850 e. The first-order valence-corrected chi connectivity index (χ1v) is 20.4. The van der Waals surface area contributed by atoms with Crippen molar-refractivity contribution in [2.24, 2.45) is 0 Å². The number of unbranched alkanes of at least 4 members (excludes halogenated alkanes) is 2. The zero-order valence-electron chi connectivity index (χ0n) is 38.1. The van der Waals surface area contributed by atoms with E-state index < -0.39 is 0 Å². The number of benzene rings is 4. The summed E-state index contributed by atoms with van der Waals surface area (Å²) in [6.45, 7) is 4.04. The molecular formula is C44H45Cl2KN12O2. The Morgan fingerprint density at radius 3 is 1.59 bits per heavy atom. The third-order valence-electron chi connectivity index (χ3n) is 9.89. The van der Waals surface area contributed by atoms with Crippen molar-refractivity contribution in [3.05, 3.63) is 141 Å². The van der Waals surface area contributed by atoms with E-state index in [-0.39, 0.29) is 117 Å². The topological polar surface area (TPSA) is 188 Å². The van der Waals surface area contributed by atoms with Gasteiger partial charge in [0.25, 0.3) is 0 Å². The summed E-state index contributed by atoms with van der Waals surface area (Å²) in [6, 6.07) is 22.5. The maximum atomic E-state index is 11.7. The number of aromatic amines is 2. The molecule has 4 aromatic heterocycles. The van der Waals surface area contributed by atoms with Crippen LogP contribution in [0.4, 0.5) is 0 Å². The van der Waals surface area contributed by atoms with Crippen molar-refractivity contribution in [1.29, 1.82) is 0 Å². The average Bonchev–Trinajstić information content (AvgIpc) is 4.15. The van der Waals surface area contributed by atoms with Crippen LogP contribution >= 0.6 is 23.2 Å². The van der Waals surface area contributed by atoms with Gasteiger partial charge < -0.3 is 19.3 Å². The van der Waals surface area contributed by atoms with Gasteiger partial charge in [-0.15, -0.1) is 20.4 Å². The van der Waals surface area contributed by atoms with Crippen LogP contribution < -0.4 is 56.5 Å². The fourth-order valence-electron chi connectivity index (χ4n) is 6.78. The Kier molecular flexibility index (Phi) is 15.1. The Hall–Kier alpha value is -4.42. The maximum Gasteiger partial charge on any atom is 1.00 e. The first-order valence-electron chi connectivity index (χ1n) is 21.6. The van der Waals surface area contributed by atoms with Gasteiger partial charge in [0.05, 0.1) is 17.8 Å². The Balaban J connectivity index is 0.000000214. The van der Waals surface area contributed by atoms with Gasteiger partial charge >= 0.3 is 51.4 Å². The zero-order valence-corrected chi connectivity index (χ0v) is 38.7. The Bertz CT molecular complexity index is 2800. The van der Waals surface area contributed by atoms with Crippen molar-refractivity contribution in [1.82, 2.24) is 60.4 Å². The van der Waals surface area contributed by atoms with Crippen molar-refractivity contribution in [2.45, 2.75) is 78.7 Å². The molecular weight excluding hydrogens is 839 g/mol. The molecule has 61 heavy (non-hydrogen) atoms.